The third-order valence-electron chi connectivity index (χ3n) is 1.78. The molecule has 2 atom stereocenters. The van der Waals surface area contributed by atoms with E-state index in [-0.39, 0.29) is 25.1 Å². The summed E-state index contributed by atoms with van der Waals surface area (Å²) in [5, 5.41) is 8.66. The van der Waals surface area contributed by atoms with Crippen molar-refractivity contribution in [3.8, 4) is 0 Å². The Morgan fingerprint density at radius 1 is 1.82 bits per heavy atom. The molecule has 1 N–H and O–H groups in total. The van der Waals surface area contributed by atoms with Crippen molar-refractivity contribution in [3.63, 3.8) is 0 Å². The monoisotopic (exact) mass is 160 g/mol. The number of hydrogen-bond acceptors (Lipinski definition) is 4. The van der Waals surface area contributed by atoms with Crippen molar-refractivity contribution in [2.45, 2.75) is 25.7 Å². The Labute approximate surface area is 65.1 Å². The van der Waals surface area contributed by atoms with Crippen molar-refractivity contribution in [1.82, 2.24) is 0 Å². The van der Waals surface area contributed by atoms with E-state index < -0.39 is 5.79 Å². The lowest BCUT2D eigenvalue weighted by Crippen LogP contribution is -2.35. The molecule has 64 valence electrons. The van der Waals surface area contributed by atoms with Gasteiger partial charge >= 0.3 is 0 Å². The van der Waals surface area contributed by atoms with Crippen LogP contribution in [0.1, 0.15) is 13.8 Å². The summed E-state index contributed by atoms with van der Waals surface area (Å²) in [6.07, 6.45) is -0.358. The Morgan fingerprint density at radius 2 is 2.45 bits per heavy atom. The molecule has 0 aromatic rings. The largest absolute Gasteiger partial charge is 0.394 e. The van der Waals surface area contributed by atoms with Gasteiger partial charge in [0.25, 0.3) is 0 Å². The highest BCUT2D eigenvalue weighted by atomic mass is 16.7. The van der Waals surface area contributed by atoms with Crippen LogP contribution in [0.15, 0.2) is 0 Å². The van der Waals surface area contributed by atoms with Crippen LogP contribution in [-0.2, 0) is 14.3 Å². The normalized spacial score (nSPS) is 37.5. The van der Waals surface area contributed by atoms with Gasteiger partial charge in [-0.3, -0.25) is 4.79 Å². The summed E-state index contributed by atoms with van der Waals surface area (Å²) >= 11 is 0. The van der Waals surface area contributed by atoms with Gasteiger partial charge in [-0.2, -0.15) is 0 Å². The molecule has 0 spiro atoms. The molecule has 1 aliphatic rings. The molecule has 1 fully saturated rings. The second-order valence-electron chi connectivity index (χ2n) is 2.74. The fourth-order valence-corrected chi connectivity index (χ4v) is 0.913. The standard InChI is InChI=1S/C7H12O4/c1-5(9)7(2)10-4-6(3-8)11-7/h6,8H,3-4H2,1-2H3. The molecule has 1 saturated heterocycles. The molecule has 0 aromatic heterocycles. The predicted octanol–water partition coefficient (Wildman–Crippen LogP) is -0.301. The van der Waals surface area contributed by atoms with E-state index in [0.29, 0.717) is 0 Å². The maximum Gasteiger partial charge on any atom is 0.226 e. The molecule has 1 heterocycles. The van der Waals surface area contributed by atoms with E-state index in [1.807, 2.05) is 0 Å². The molecule has 0 radical (unpaired) electrons. The summed E-state index contributed by atoms with van der Waals surface area (Å²) in [4.78, 5) is 10.9. The van der Waals surface area contributed by atoms with Crippen LogP contribution in [0.4, 0.5) is 0 Å². The average Bonchev–Trinajstić information content (AvgIpc) is 2.33. The first kappa shape index (κ1) is 8.64. The van der Waals surface area contributed by atoms with Gasteiger partial charge in [0.15, 0.2) is 5.78 Å². The van der Waals surface area contributed by atoms with Crippen molar-refractivity contribution in [3.05, 3.63) is 0 Å². The smallest absolute Gasteiger partial charge is 0.226 e. The number of hydrogen-bond donors (Lipinski definition) is 1. The maximum atomic E-state index is 10.9. The zero-order chi connectivity index (χ0) is 8.48. The van der Waals surface area contributed by atoms with Gasteiger partial charge in [-0.1, -0.05) is 0 Å². The second-order valence-corrected chi connectivity index (χ2v) is 2.74. The molecule has 1 aliphatic heterocycles. The summed E-state index contributed by atoms with van der Waals surface area (Å²) in [5.74, 6) is -1.30. The van der Waals surface area contributed by atoms with E-state index in [9.17, 15) is 4.79 Å². The summed E-state index contributed by atoms with van der Waals surface area (Å²) in [6, 6.07) is 0. The van der Waals surface area contributed by atoms with E-state index in [1.54, 1.807) is 6.92 Å². The number of Topliss-reactive ketones (excluding diaryl/α,β-unsaturated/α-hetero) is 1. The van der Waals surface area contributed by atoms with Crippen LogP contribution < -0.4 is 0 Å². The highest BCUT2D eigenvalue weighted by molar-refractivity contribution is 5.83. The van der Waals surface area contributed by atoms with Crippen LogP contribution in [0.2, 0.25) is 0 Å². The number of ketones is 1. The van der Waals surface area contributed by atoms with E-state index >= 15 is 0 Å². The average molecular weight is 160 g/mol. The Kier molecular flexibility index (Phi) is 2.27. The SMILES string of the molecule is CC(=O)C1(C)OCC(CO)O1. The minimum absolute atomic E-state index is 0.108. The van der Waals surface area contributed by atoms with Gasteiger partial charge < -0.3 is 14.6 Å². The molecule has 4 nitrogen and oxygen atoms in total. The fourth-order valence-electron chi connectivity index (χ4n) is 0.913. The van der Waals surface area contributed by atoms with Crippen molar-refractivity contribution in [1.29, 1.82) is 0 Å². The first-order chi connectivity index (χ1) is 5.08. The van der Waals surface area contributed by atoms with Gasteiger partial charge in [-0.25, -0.2) is 0 Å². The molecule has 0 aliphatic carbocycles. The summed E-state index contributed by atoms with van der Waals surface area (Å²) in [6.45, 7) is 3.14. The van der Waals surface area contributed by atoms with Crippen LogP contribution in [0, 0.1) is 0 Å². The van der Waals surface area contributed by atoms with Crippen LogP contribution in [0.25, 0.3) is 0 Å². The molecule has 0 saturated carbocycles. The lowest BCUT2D eigenvalue weighted by molar-refractivity contribution is -0.177. The fraction of sp³-hybridized carbons (Fsp3) is 0.857. The van der Waals surface area contributed by atoms with E-state index in [2.05, 4.69) is 0 Å². The topological polar surface area (TPSA) is 55.8 Å². The highest BCUT2D eigenvalue weighted by Gasteiger charge is 2.40. The van der Waals surface area contributed by atoms with Gasteiger partial charge in [-0.05, 0) is 6.92 Å². The minimum atomic E-state index is -1.13. The molecule has 0 amide bonds. The van der Waals surface area contributed by atoms with Crippen LogP contribution in [0.3, 0.4) is 0 Å². The molecule has 0 aromatic carbocycles. The number of carbonyl (C=O) groups is 1. The van der Waals surface area contributed by atoms with Crippen molar-refractivity contribution in [2.24, 2.45) is 0 Å². The van der Waals surface area contributed by atoms with Gasteiger partial charge in [0.05, 0.1) is 13.2 Å². The first-order valence-electron chi connectivity index (χ1n) is 3.52. The van der Waals surface area contributed by atoms with Gasteiger partial charge in [-0.15, -0.1) is 0 Å². The van der Waals surface area contributed by atoms with Crippen LogP contribution >= 0.6 is 0 Å². The summed E-state index contributed by atoms with van der Waals surface area (Å²) in [5.41, 5.74) is 0. The summed E-state index contributed by atoms with van der Waals surface area (Å²) in [7, 11) is 0. The zero-order valence-electron chi connectivity index (χ0n) is 6.66. The van der Waals surface area contributed by atoms with Gasteiger partial charge in [0.2, 0.25) is 5.79 Å². The van der Waals surface area contributed by atoms with E-state index in [1.165, 1.54) is 6.92 Å². The molecule has 2 unspecified atom stereocenters. The van der Waals surface area contributed by atoms with Crippen molar-refractivity contribution < 1.29 is 19.4 Å². The molecular formula is C7H12O4. The number of rotatable bonds is 2. The Hall–Kier alpha value is -0.450. The Balaban J connectivity index is 2.57. The van der Waals surface area contributed by atoms with Crippen molar-refractivity contribution >= 4 is 5.78 Å². The molecule has 1 rings (SSSR count). The number of aliphatic hydroxyl groups excluding tert-OH is 1. The lowest BCUT2D eigenvalue weighted by Gasteiger charge is -2.18. The molecular weight excluding hydrogens is 148 g/mol. The molecule has 0 bridgehead atoms. The minimum Gasteiger partial charge on any atom is -0.394 e. The second kappa shape index (κ2) is 2.89. The quantitative estimate of drug-likeness (QED) is 0.602. The predicted molar refractivity (Wildman–Crippen MR) is 37.0 cm³/mol. The highest BCUT2D eigenvalue weighted by Crippen LogP contribution is 2.23. The first-order valence-corrected chi connectivity index (χ1v) is 3.52. The molecule has 11 heavy (non-hydrogen) atoms. The van der Waals surface area contributed by atoms with Crippen LogP contribution in [0.5, 0.6) is 0 Å². The number of carbonyl (C=O) groups excluding carboxylic acids is 1. The maximum absolute atomic E-state index is 10.9. The lowest BCUT2D eigenvalue weighted by atomic mass is 10.2. The van der Waals surface area contributed by atoms with Crippen molar-refractivity contribution in [2.75, 3.05) is 13.2 Å². The van der Waals surface area contributed by atoms with Crippen LogP contribution in [-0.4, -0.2) is 36.0 Å². The third-order valence-corrected chi connectivity index (χ3v) is 1.78. The van der Waals surface area contributed by atoms with E-state index in [4.69, 9.17) is 14.6 Å². The van der Waals surface area contributed by atoms with Gasteiger partial charge in [0.1, 0.15) is 6.10 Å². The van der Waals surface area contributed by atoms with E-state index in [0.717, 1.165) is 0 Å². The zero-order valence-corrected chi connectivity index (χ0v) is 6.66. The number of aliphatic hydroxyl groups is 1. The Bertz CT molecular complexity index is 168. The molecule has 4 heteroatoms. The summed E-state index contributed by atoms with van der Waals surface area (Å²) < 4.78 is 10.2. The Morgan fingerprint density at radius 3 is 2.73 bits per heavy atom. The number of ether oxygens (including phenoxy) is 2. The van der Waals surface area contributed by atoms with Gasteiger partial charge in [0, 0.05) is 6.92 Å². The third kappa shape index (κ3) is 1.58.